The first-order valence-electron chi connectivity index (χ1n) is 9.69. The third kappa shape index (κ3) is 6.76. The smallest absolute Gasteiger partial charge is 0.237 e. The number of halogens is 2. The molecule has 0 radical (unpaired) electrons. The lowest BCUT2D eigenvalue weighted by Crippen LogP contribution is -2.22. The number of amides is 2. The number of carbonyl (C=O) groups excluding carboxylic acids is 2. The van der Waals surface area contributed by atoms with Crippen LogP contribution in [0.3, 0.4) is 0 Å². The molecule has 0 saturated heterocycles. The molecular formula is C24H22Cl2N2O2S. The lowest BCUT2D eigenvalue weighted by molar-refractivity contribution is -0.116. The number of nitrogens with one attached hydrogen (secondary N) is 2. The van der Waals surface area contributed by atoms with Gasteiger partial charge in [-0.1, -0.05) is 47.5 Å². The van der Waals surface area contributed by atoms with E-state index in [9.17, 15) is 9.59 Å². The molecule has 0 aromatic heterocycles. The van der Waals surface area contributed by atoms with Gasteiger partial charge in [0.15, 0.2) is 0 Å². The van der Waals surface area contributed by atoms with Gasteiger partial charge in [0.2, 0.25) is 11.8 Å². The SMILES string of the molecule is Cc1c(Cl)cccc1NC(=O)C(C)Sc1cccc(NC(=O)Cc2ccc(Cl)cc2)c1. The molecule has 1 unspecified atom stereocenters. The molecule has 3 rings (SSSR count). The van der Waals surface area contributed by atoms with Crippen LogP contribution >= 0.6 is 35.0 Å². The lowest BCUT2D eigenvalue weighted by atomic mass is 10.1. The summed E-state index contributed by atoms with van der Waals surface area (Å²) in [5.74, 6) is -0.237. The van der Waals surface area contributed by atoms with E-state index < -0.39 is 0 Å². The van der Waals surface area contributed by atoms with Crippen LogP contribution in [-0.2, 0) is 16.0 Å². The zero-order valence-corrected chi connectivity index (χ0v) is 19.4. The van der Waals surface area contributed by atoms with Gasteiger partial charge in [-0.3, -0.25) is 9.59 Å². The van der Waals surface area contributed by atoms with Gasteiger partial charge in [-0.05, 0) is 67.4 Å². The van der Waals surface area contributed by atoms with Crippen LogP contribution in [0.5, 0.6) is 0 Å². The van der Waals surface area contributed by atoms with Crippen LogP contribution < -0.4 is 10.6 Å². The Morgan fingerprint density at radius 1 is 0.968 bits per heavy atom. The summed E-state index contributed by atoms with van der Waals surface area (Å²) in [6.45, 7) is 3.71. The minimum atomic E-state index is -0.335. The monoisotopic (exact) mass is 472 g/mol. The van der Waals surface area contributed by atoms with E-state index in [0.29, 0.717) is 21.4 Å². The molecule has 2 N–H and O–H groups in total. The van der Waals surface area contributed by atoms with Gasteiger partial charge in [0.05, 0.1) is 11.7 Å². The van der Waals surface area contributed by atoms with Crippen molar-refractivity contribution in [3.63, 3.8) is 0 Å². The summed E-state index contributed by atoms with van der Waals surface area (Å²) >= 11 is 13.4. The van der Waals surface area contributed by atoms with Crippen molar-refractivity contribution >= 4 is 58.2 Å². The Morgan fingerprint density at radius 2 is 1.68 bits per heavy atom. The predicted octanol–water partition coefficient (Wildman–Crippen LogP) is 6.60. The third-order valence-corrected chi connectivity index (χ3v) is 6.36. The van der Waals surface area contributed by atoms with Crippen molar-refractivity contribution in [1.82, 2.24) is 0 Å². The number of carbonyl (C=O) groups is 2. The Kier molecular flexibility index (Phi) is 8.02. The van der Waals surface area contributed by atoms with Crippen LogP contribution in [0.25, 0.3) is 0 Å². The van der Waals surface area contributed by atoms with Gasteiger partial charge in [0.25, 0.3) is 0 Å². The van der Waals surface area contributed by atoms with Crippen LogP contribution in [0.2, 0.25) is 10.0 Å². The van der Waals surface area contributed by atoms with E-state index in [1.807, 2.05) is 56.3 Å². The van der Waals surface area contributed by atoms with Crippen molar-refractivity contribution in [3.8, 4) is 0 Å². The summed E-state index contributed by atoms with van der Waals surface area (Å²) in [5.41, 5.74) is 3.10. The molecule has 0 bridgehead atoms. The molecule has 0 aliphatic carbocycles. The Balaban J connectivity index is 1.59. The van der Waals surface area contributed by atoms with E-state index in [4.69, 9.17) is 23.2 Å². The second kappa shape index (κ2) is 10.7. The molecular weight excluding hydrogens is 451 g/mol. The van der Waals surface area contributed by atoms with E-state index in [-0.39, 0.29) is 23.5 Å². The molecule has 1 atom stereocenters. The highest BCUT2D eigenvalue weighted by atomic mass is 35.5. The Bertz CT molecular complexity index is 1090. The second-order valence-corrected chi connectivity index (χ2v) is 9.30. The number of rotatable bonds is 7. The summed E-state index contributed by atoms with van der Waals surface area (Å²) in [6.07, 6.45) is 0.256. The Morgan fingerprint density at radius 3 is 2.42 bits per heavy atom. The van der Waals surface area contributed by atoms with Crippen molar-refractivity contribution in [1.29, 1.82) is 0 Å². The molecule has 0 heterocycles. The van der Waals surface area contributed by atoms with E-state index in [0.717, 1.165) is 16.0 Å². The summed E-state index contributed by atoms with van der Waals surface area (Å²) in [5, 5.41) is 6.74. The Labute approximate surface area is 196 Å². The number of thioether (sulfide) groups is 1. The molecule has 0 saturated carbocycles. The molecule has 0 aliphatic heterocycles. The van der Waals surface area contributed by atoms with Gasteiger partial charge in [-0.2, -0.15) is 0 Å². The maximum atomic E-state index is 12.6. The first kappa shape index (κ1) is 23.2. The van der Waals surface area contributed by atoms with Crippen molar-refractivity contribution < 1.29 is 9.59 Å². The summed E-state index contributed by atoms with van der Waals surface area (Å²) in [7, 11) is 0. The fourth-order valence-electron chi connectivity index (χ4n) is 2.87. The van der Waals surface area contributed by atoms with Gasteiger partial charge in [-0.15, -0.1) is 11.8 Å². The summed E-state index contributed by atoms with van der Waals surface area (Å²) in [6, 6.07) is 20.1. The number of benzene rings is 3. The fourth-order valence-corrected chi connectivity index (χ4v) is 4.10. The average Bonchev–Trinajstić information content (AvgIpc) is 2.73. The molecule has 2 amide bonds. The minimum Gasteiger partial charge on any atom is -0.326 e. The molecule has 0 spiro atoms. The quantitative estimate of drug-likeness (QED) is 0.380. The van der Waals surface area contributed by atoms with Gasteiger partial charge in [0, 0.05) is 26.3 Å². The van der Waals surface area contributed by atoms with Crippen LogP contribution in [0.15, 0.2) is 71.6 Å². The summed E-state index contributed by atoms with van der Waals surface area (Å²) in [4.78, 5) is 25.8. The molecule has 3 aromatic rings. The van der Waals surface area contributed by atoms with Crippen molar-refractivity contribution in [3.05, 3.63) is 87.9 Å². The zero-order valence-electron chi connectivity index (χ0n) is 17.1. The molecule has 7 heteroatoms. The standard InChI is InChI=1S/C24H22Cl2N2O2S/c1-15-21(26)7-4-8-22(15)28-24(30)16(2)31-20-6-3-5-19(14-20)27-23(29)13-17-9-11-18(25)12-10-17/h3-12,14,16H,13H2,1-2H3,(H,27,29)(H,28,30). The van der Waals surface area contributed by atoms with Crippen LogP contribution in [0, 0.1) is 6.92 Å². The van der Waals surface area contributed by atoms with Gasteiger partial charge < -0.3 is 10.6 Å². The third-order valence-electron chi connectivity index (χ3n) is 4.60. The fraction of sp³-hybridized carbons (Fsp3) is 0.167. The normalized spacial score (nSPS) is 11.6. The minimum absolute atomic E-state index is 0.118. The molecule has 4 nitrogen and oxygen atoms in total. The second-order valence-electron chi connectivity index (χ2n) is 7.04. The molecule has 160 valence electrons. The maximum Gasteiger partial charge on any atom is 0.237 e. The van der Waals surface area contributed by atoms with Crippen molar-refractivity contribution in [2.24, 2.45) is 0 Å². The number of hydrogen-bond acceptors (Lipinski definition) is 3. The molecule has 0 aliphatic rings. The largest absolute Gasteiger partial charge is 0.326 e. The van der Waals surface area contributed by atoms with E-state index in [1.54, 1.807) is 24.3 Å². The van der Waals surface area contributed by atoms with E-state index in [2.05, 4.69) is 10.6 Å². The van der Waals surface area contributed by atoms with Crippen LogP contribution in [-0.4, -0.2) is 17.1 Å². The summed E-state index contributed by atoms with van der Waals surface area (Å²) < 4.78 is 0. The molecule has 3 aromatic carbocycles. The van der Waals surface area contributed by atoms with Gasteiger partial charge >= 0.3 is 0 Å². The highest BCUT2D eigenvalue weighted by Crippen LogP contribution is 2.28. The van der Waals surface area contributed by atoms with E-state index >= 15 is 0 Å². The Hall–Kier alpha value is -2.47. The number of anilines is 2. The van der Waals surface area contributed by atoms with Crippen LogP contribution in [0.1, 0.15) is 18.1 Å². The molecule has 31 heavy (non-hydrogen) atoms. The van der Waals surface area contributed by atoms with Crippen LogP contribution in [0.4, 0.5) is 11.4 Å². The van der Waals surface area contributed by atoms with Gasteiger partial charge in [0.1, 0.15) is 0 Å². The topological polar surface area (TPSA) is 58.2 Å². The van der Waals surface area contributed by atoms with Crippen molar-refractivity contribution in [2.45, 2.75) is 30.4 Å². The van der Waals surface area contributed by atoms with Gasteiger partial charge in [-0.25, -0.2) is 0 Å². The maximum absolute atomic E-state index is 12.6. The average molecular weight is 473 g/mol. The zero-order chi connectivity index (χ0) is 22.4. The van der Waals surface area contributed by atoms with Crippen molar-refractivity contribution in [2.75, 3.05) is 10.6 Å². The highest BCUT2D eigenvalue weighted by molar-refractivity contribution is 8.00. The first-order chi connectivity index (χ1) is 14.8. The highest BCUT2D eigenvalue weighted by Gasteiger charge is 2.16. The number of hydrogen-bond donors (Lipinski definition) is 2. The first-order valence-corrected chi connectivity index (χ1v) is 11.3. The predicted molar refractivity (Wildman–Crippen MR) is 130 cm³/mol. The lowest BCUT2D eigenvalue weighted by Gasteiger charge is -2.15. The van der Waals surface area contributed by atoms with E-state index in [1.165, 1.54) is 11.8 Å². The molecule has 0 fully saturated rings.